The number of aromatic nitrogens is 4. The van der Waals surface area contributed by atoms with E-state index >= 15 is 0 Å². The van der Waals surface area contributed by atoms with Gasteiger partial charge >= 0.3 is 0 Å². The highest BCUT2D eigenvalue weighted by Gasteiger charge is 2.23. The van der Waals surface area contributed by atoms with Crippen LogP contribution >= 0.6 is 0 Å². The van der Waals surface area contributed by atoms with Crippen LogP contribution in [0.4, 0.5) is 5.82 Å². The lowest BCUT2D eigenvalue weighted by Crippen LogP contribution is -2.47. The van der Waals surface area contributed by atoms with Crippen molar-refractivity contribution in [1.29, 1.82) is 0 Å². The van der Waals surface area contributed by atoms with Gasteiger partial charge in [0, 0.05) is 31.9 Å². The molecule has 136 valence electrons. The van der Waals surface area contributed by atoms with Gasteiger partial charge in [-0.15, -0.1) is 0 Å². The number of hydrogen-bond acceptors (Lipinski definition) is 5. The lowest BCUT2D eigenvalue weighted by atomic mass is 10.2. The van der Waals surface area contributed by atoms with Gasteiger partial charge in [0.1, 0.15) is 5.82 Å². The molecular formula is C17H26N6O2. The summed E-state index contributed by atoms with van der Waals surface area (Å²) in [4.78, 5) is 14.4. The predicted octanol–water partition coefficient (Wildman–Crippen LogP) is 0.881. The fourth-order valence-corrected chi connectivity index (χ4v) is 3.20. The molecule has 0 unspecified atom stereocenters. The van der Waals surface area contributed by atoms with Crippen molar-refractivity contribution in [3.05, 3.63) is 29.2 Å². The Kier molecular flexibility index (Phi) is 5.19. The van der Waals surface area contributed by atoms with Gasteiger partial charge in [0.15, 0.2) is 0 Å². The maximum absolute atomic E-state index is 12.3. The number of ether oxygens (including phenoxy) is 1. The molecule has 3 rings (SSSR count). The lowest BCUT2D eigenvalue weighted by molar-refractivity contribution is -0.119. The Balaban J connectivity index is 1.53. The minimum atomic E-state index is -0.0326. The molecule has 3 heterocycles. The summed E-state index contributed by atoms with van der Waals surface area (Å²) in [5.41, 5.74) is 3.02. The first kappa shape index (κ1) is 17.6. The van der Waals surface area contributed by atoms with Crippen LogP contribution in [-0.2, 0) is 23.1 Å². The molecule has 1 aliphatic rings. The molecular weight excluding hydrogens is 320 g/mol. The number of amides is 1. The molecule has 0 spiro atoms. The van der Waals surface area contributed by atoms with Crippen LogP contribution in [0.5, 0.6) is 0 Å². The first-order valence-electron chi connectivity index (χ1n) is 8.56. The monoisotopic (exact) mass is 346 g/mol. The quantitative estimate of drug-likeness (QED) is 0.870. The van der Waals surface area contributed by atoms with Crippen molar-refractivity contribution in [2.24, 2.45) is 7.05 Å². The van der Waals surface area contributed by atoms with Gasteiger partial charge in [-0.2, -0.15) is 10.2 Å². The van der Waals surface area contributed by atoms with Crippen molar-refractivity contribution in [2.75, 3.05) is 31.6 Å². The molecule has 1 amide bonds. The molecule has 8 nitrogen and oxygen atoms in total. The highest BCUT2D eigenvalue weighted by atomic mass is 16.5. The van der Waals surface area contributed by atoms with Crippen molar-refractivity contribution >= 4 is 11.7 Å². The smallest absolute Gasteiger partial charge is 0.239 e. The number of hydrogen-bond donors (Lipinski definition) is 1. The Hall–Kier alpha value is -2.19. The number of rotatable bonds is 5. The predicted molar refractivity (Wildman–Crippen MR) is 94.5 cm³/mol. The van der Waals surface area contributed by atoms with Gasteiger partial charge in [0.05, 0.1) is 37.2 Å². The maximum Gasteiger partial charge on any atom is 0.239 e. The molecule has 0 bridgehead atoms. The average molecular weight is 346 g/mol. The standard InChI is InChI=1S/C17H26N6O2/c1-12-7-14(3)23(20-12)10-15-9-22(5-6-25-15)11-17(24)18-16-8-13(2)19-21(16)4/h7-8,15H,5-6,9-11H2,1-4H3,(H,18,24)/t15-/m0/s1. The zero-order chi connectivity index (χ0) is 18.0. The summed E-state index contributed by atoms with van der Waals surface area (Å²) in [6.07, 6.45) is 0.0403. The lowest BCUT2D eigenvalue weighted by Gasteiger charge is -2.32. The number of nitrogens with one attached hydrogen (secondary N) is 1. The van der Waals surface area contributed by atoms with Gasteiger partial charge < -0.3 is 10.1 Å². The van der Waals surface area contributed by atoms with E-state index < -0.39 is 0 Å². The second-order valence-corrected chi connectivity index (χ2v) is 6.68. The van der Waals surface area contributed by atoms with Gasteiger partial charge in [-0.3, -0.25) is 19.1 Å². The number of anilines is 1. The largest absolute Gasteiger partial charge is 0.374 e. The molecule has 1 saturated heterocycles. The number of carbonyl (C=O) groups excluding carboxylic acids is 1. The van der Waals surface area contributed by atoms with Crippen LogP contribution in [0, 0.1) is 20.8 Å². The Morgan fingerprint density at radius 3 is 2.68 bits per heavy atom. The Morgan fingerprint density at radius 1 is 1.28 bits per heavy atom. The molecule has 1 fully saturated rings. The van der Waals surface area contributed by atoms with Crippen LogP contribution in [0.3, 0.4) is 0 Å². The normalized spacial score (nSPS) is 18.5. The number of nitrogens with zero attached hydrogens (tertiary/aromatic N) is 5. The van der Waals surface area contributed by atoms with Gasteiger partial charge in [0.25, 0.3) is 0 Å². The summed E-state index contributed by atoms with van der Waals surface area (Å²) in [5.74, 6) is 0.685. The van der Waals surface area contributed by atoms with E-state index in [1.165, 1.54) is 0 Å². The zero-order valence-corrected chi connectivity index (χ0v) is 15.3. The summed E-state index contributed by atoms with van der Waals surface area (Å²) in [6.45, 7) is 9.09. The summed E-state index contributed by atoms with van der Waals surface area (Å²) in [5, 5.41) is 11.6. The van der Waals surface area contributed by atoms with E-state index in [2.05, 4.69) is 26.5 Å². The first-order chi connectivity index (χ1) is 11.9. The Labute approximate surface area is 147 Å². The number of carbonyl (C=O) groups is 1. The zero-order valence-electron chi connectivity index (χ0n) is 15.3. The second-order valence-electron chi connectivity index (χ2n) is 6.68. The molecule has 1 N–H and O–H groups in total. The third kappa shape index (κ3) is 4.46. The van der Waals surface area contributed by atoms with Crippen molar-refractivity contribution in [2.45, 2.75) is 33.4 Å². The van der Waals surface area contributed by atoms with E-state index in [1.54, 1.807) is 4.68 Å². The molecule has 2 aromatic rings. The van der Waals surface area contributed by atoms with Gasteiger partial charge in [-0.1, -0.05) is 0 Å². The van der Waals surface area contributed by atoms with Gasteiger partial charge in [-0.05, 0) is 26.8 Å². The summed E-state index contributed by atoms with van der Waals surface area (Å²) < 4.78 is 9.50. The van der Waals surface area contributed by atoms with Crippen LogP contribution in [0.1, 0.15) is 17.1 Å². The van der Waals surface area contributed by atoms with E-state index in [4.69, 9.17) is 4.74 Å². The molecule has 0 radical (unpaired) electrons. The topological polar surface area (TPSA) is 77.2 Å². The molecule has 25 heavy (non-hydrogen) atoms. The van der Waals surface area contributed by atoms with Crippen LogP contribution in [-0.4, -0.2) is 62.7 Å². The molecule has 0 saturated carbocycles. The van der Waals surface area contributed by atoms with Crippen LogP contribution in [0.15, 0.2) is 12.1 Å². The van der Waals surface area contributed by atoms with E-state index in [1.807, 2.05) is 38.6 Å². The highest BCUT2D eigenvalue weighted by molar-refractivity contribution is 5.91. The van der Waals surface area contributed by atoms with Crippen molar-refractivity contribution < 1.29 is 9.53 Å². The van der Waals surface area contributed by atoms with E-state index in [0.29, 0.717) is 19.7 Å². The van der Waals surface area contributed by atoms with Crippen LogP contribution in [0.25, 0.3) is 0 Å². The molecule has 2 aromatic heterocycles. The molecule has 0 aliphatic carbocycles. The fourth-order valence-electron chi connectivity index (χ4n) is 3.20. The Bertz CT molecular complexity index is 750. The SMILES string of the molecule is Cc1cc(NC(=O)CN2CCO[C@H](Cn3nc(C)cc3C)C2)n(C)n1. The van der Waals surface area contributed by atoms with E-state index in [9.17, 15) is 4.79 Å². The second kappa shape index (κ2) is 7.37. The molecule has 1 atom stereocenters. The summed E-state index contributed by atoms with van der Waals surface area (Å²) in [7, 11) is 1.82. The molecule has 8 heteroatoms. The molecule has 0 aromatic carbocycles. The minimum Gasteiger partial charge on any atom is -0.374 e. The van der Waals surface area contributed by atoms with E-state index in [0.717, 1.165) is 36.0 Å². The highest BCUT2D eigenvalue weighted by Crippen LogP contribution is 2.11. The van der Waals surface area contributed by atoms with E-state index in [-0.39, 0.29) is 12.0 Å². The van der Waals surface area contributed by atoms with Gasteiger partial charge in [0.2, 0.25) is 5.91 Å². The van der Waals surface area contributed by atoms with Gasteiger partial charge in [-0.25, -0.2) is 0 Å². The van der Waals surface area contributed by atoms with Crippen molar-refractivity contribution in [3.8, 4) is 0 Å². The van der Waals surface area contributed by atoms with Crippen molar-refractivity contribution in [1.82, 2.24) is 24.5 Å². The summed E-state index contributed by atoms with van der Waals surface area (Å²) in [6, 6.07) is 3.92. The van der Waals surface area contributed by atoms with Crippen LogP contribution < -0.4 is 5.32 Å². The Morgan fingerprint density at radius 2 is 2.04 bits per heavy atom. The number of morpholine rings is 1. The number of aryl methyl sites for hydroxylation is 4. The third-order valence-corrected chi connectivity index (χ3v) is 4.34. The maximum atomic E-state index is 12.3. The first-order valence-corrected chi connectivity index (χ1v) is 8.56. The molecule has 1 aliphatic heterocycles. The minimum absolute atomic E-state index is 0.0326. The summed E-state index contributed by atoms with van der Waals surface area (Å²) >= 11 is 0. The third-order valence-electron chi connectivity index (χ3n) is 4.34. The van der Waals surface area contributed by atoms with Crippen molar-refractivity contribution in [3.63, 3.8) is 0 Å². The fraction of sp³-hybridized carbons (Fsp3) is 0.588. The average Bonchev–Trinajstić information content (AvgIpc) is 3.00. The van der Waals surface area contributed by atoms with Crippen LogP contribution in [0.2, 0.25) is 0 Å².